The molecule has 1 saturated heterocycles. The number of nitrogens with zero attached hydrogens (tertiary/aromatic N) is 1. The Bertz CT molecular complexity index is 323. The predicted molar refractivity (Wildman–Crippen MR) is 53.5 cm³/mol. The fraction of sp³-hybridized carbons (Fsp3) is 0.875. The smallest absolute Gasteiger partial charge is 0.239 e. The van der Waals surface area contributed by atoms with E-state index in [9.17, 15) is 13.2 Å². The largest absolute Gasteiger partial charge is 0.340 e. The Morgan fingerprint density at radius 1 is 1.57 bits per heavy atom. The molecule has 0 aromatic heterocycles. The van der Waals surface area contributed by atoms with E-state index in [1.165, 1.54) is 4.90 Å². The molecule has 1 heterocycles. The molecule has 1 amide bonds. The maximum atomic E-state index is 11.4. The number of sulfone groups is 1. The Hall–Kier alpha value is -0.620. The van der Waals surface area contributed by atoms with E-state index in [0.717, 1.165) is 0 Å². The van der Waals surface area contributed by atoms with Gasteiger partial charge in [-0.1, -0.05) is 0 Å². The lowest BCUT2D eigenvalue weighted by Gasteiger charge is -2.24. The summed E-state index contributed by atoms with van der Waals surface area (Å²) in [5, 5.41) is 0. The maximum Gasteiger partial charge on any atom is 0.239 e. The van der Waals surface area contributed by atoms with Crippen LogP contribution in [0.4, 0.5) is 0 Å². The van der Waals surface area contributed by atoms with Gasteiger partial charge in [-0.15, -0.1) is 0 Å². The van der Waals surface area contributed by atoms with Crippen LogP contribution in [-0.4, -0.2) is 49.9 Å². The van der Waals surface area contributed by atoms with Crippen molar-refractivity contribution in [2.45, 2.75) is 25.4 Å². The predicted octanol–water partition coefficient (Wildman–Crippen LogP) is -1.02. The van der Waals surface area contributed by atoms with Crippen molar-refractivity contribution < 1.29 is 13.2 Å². The first-order valence-corrected chi connectivity index (χ1v) is 6.38. The number of rotatable bonds is 2. The molecule has 1 aliphatic heterocycles. The van der Waals surface area contributed by atoms with Crippen LogP contribution in [-0.2, 0) is 14.6 Å². The number of hydrogen-bond acceptors (Lipinski definition) is 4. The first kappa shape index (κ1) is 11.5. The highest BCUT2D eigenvalue weighted by Crippen LogP contribution is 2.16. The topological polar surface area (TPSA) is 80.5 Å². The molecule has 0 spiro atoms. The van der Waals surface area contributed by atoms with Crippen LogP contribution in [0.3, 0.4) is 0 Å². The molecule has 0 aromatic rings. The lowest BCUT2D eigenvalue weighted by molar-refractivity contribution is -0.132. The second-order valence-corrected chi connectivity index (χ2v) is 6.02. The molecule has 0 aromatic carbocycles. The Balaban J connectivity index is 2.64. The molecule has 0 saturated carbocycles. The third kappa shape index (κ3) is 2.45. The van der Waals surface area contributed by atoms with Gasteiger partial charge >= 0.3 is 0 Å². The van der Waals surface area contributed by atoms with E-state index in [2.05, 4.69) is 0 Å². The molecule has 5 nitrogen and oxygen atoms in total. The number of carbonyl (C=O) groups excluding carboxylic acids is 1. The summed E-state index contributed by atoms with van der Waals surface area (Å²) in [6.07, 6.45) is 0.525. The van der Waals surface area contributed by atoms with Crippen molar-refractivity contribution in [1.29, 1.82) is 0 Å². The van der Waals surface area contributed by atoms with E-state index in [1.807, 2.05) is 0 Å². The fourth-order valence-electron chi connectivity index (χ4n) is 1.58. The molecule has 2 N–H and O–H groups in total. The van der Waals surface area contributed by atoms with Gasteiger partial charge in [-0.3, -0.25) is 4.79 Å². The summed E-state index contributed by atoms with van der Waals surface area (Å²) in [5.74, 6) is 0.0445. The molecule has 1 rings (SSSR count). The Labute approximate surface area is 84.2 Å². The normalized spacial score (nSPS) is 27.2. The van der Waals surface area contributed by atoms with Crippen LogP contribution in [0.25, 0.3) is 0 Å². The minimum Gasteiger partial charge on any atom is -0.340 e. The van der Waals surface area contributed by atoms with Gasteiger partial charge < -0.3 is 10.6 Å². The van der Waals surface area contributed by atoms with Crippen LogP contribution in [0.1, 0.15) is 13.3 Å². The average molecular weight is 220 g/mol. The molecular formula is C8H16N2O3S. The third-order valence-corrected chi connectivity index (χ3v) is 4.24. The summed E-state index contributed by atoms with van der Waals surface area (Å²) in [5.41, 5.74) is 5.43. The van der Waals surface area contributed by atoms with Crippen LogP contribution in [0.15, 0.2) is 0 Å². The van der Waals surface area contributed by atoms with Crippen LogP contribution in [0.5, 0.6) is 0 Å². The van der Waals surface area contributed by atoms with E-state index >= 15 is 0 Å². The Morgan fingerprint density at radius 2 is 2.14 bits per heavy atom. The Morgan fingerprint density at radius 3 is 2.50 bits per heavy atom. The SMILES string of the molecule is C[C@H](N)C(=O)N(C)C1CCS(=O)(=O)C1. The van der Waals surface area contributed by atoms with Crippen molar-refractivity contribution in [1.82, 2.24) is 4.90 Å². The van der Waals surface area contributed by atoms with Gasteiger partial charge in [0.2, 0.25) is 5.91 Å². The van der Waals surface area contributed by atoms with Gasteiger partial charge in [0.15, 0.2) is 9.84 Å². The standard InChI is InChI=1S/C8H16N2O3S/c1-6(9)8(11)10(2)7-3-4-14(12,13)5-7/h6-7H,3-5,9H2,1-2H3/t6-,7?/m0/s1. The van der Waals surface area contributed by atoms with Crippen LogP contribution >= 0.6 is 0 Å². The third-order valence-electron chi connectivity index (χ3n) is 2.49. The van der Waals surface area contributed by atoms with Crippen molar-refractivity contribution >= 4 is 15.7 Å². The van der Waals surface area contributed by atoms with Gasteiger partial charge in [-0.2, -0.15) is 0 Å². The maximum absolute atomic E-state index is 11.4. The zero-order valence-corrected chi connectivity index (χ0v) is 9.25. The molecule has 0 radical (unpaired) electrons. The first-order chi connectivity index (χ1) is 6.33. The minimum atomic E-state index is -2.93. The number of likely N-dealkylation sites (N-methyl/N-ethyl adjacent to an activating group) is 1. The lowest BCUT2D eigenvalue weighted by atomic mass is 10.2. The van der Waals surface area contributed by atoms with Crippen LogP contribution < -0.4 is 5.73 Å². The first-order valence-electron chi connectivity index (χ1n) is 4.56. The summed E-state index contributed by atoms with van der Waals surface area (Å²) < 4.78 is 22.3. The van der Waals surface area contributed by atoms with Crippen molar-refractivity contribution in [3.63, 3.8) is 0 Å². The van der Waals surface area contributed by atoms with Gasteiger partial charge in [-0.25, -0.2) is 8.42 Å². The molecule has 82 valence electrons. The Kier molecular flexibility index (Phi) is 3.16. The number of carbonyl (C=O) groups is 1. The van der Waals surface area contributed by atoms with Crippen LogP contribution in [0, 0.1) is 0 Å². The van der Waals surface area contributed by atoms with E-state index in [1.54, 1.807) is 14.0 Å². The molecule has 0 bridgehead atoms. The monoisotopic (exact) mass is 220 g/mol. The van der Waals surface area contributed by atoms with E-state index < -0.39 is 15.9 Å². The summed E-state index contributed by atoms with van der Waals surface area (Å²) >= 11 is 0. The van der Waals surface area contributed by atoms with E-state index in [-0.39, 0.29) is 23.5 Å². The molecule has 1 aliphatic rings. The lowest BCUT2D eigenvalue weighted by Crippen LogP contribution is -2.45. The van der Waals surface area contributed by atoms with Gasteiger partial charge in [0.25, 0.3) is 0 Å². The zero-order valence-electron chi connectivity index (χ0n) is 8.43. The quantitative estimate of drug-likeness (QED) is 0.646. The van der Waals surface area contributed by atoms with E-state index in [4.69, 9.17) is 5.73 Å². The highest BCUT2D eigenvalue weighted by Gasteiger charge is 2.33. The fourth-order valence-corrected chi connectivity index (χ4v) is 3.36. The van der Waals surface area contributed by atoms with Crippen molar-refractivity contribution in [2.75, 3.05) is 18.6 Å². The number of amides is 1. The average Bonchev–Trinajstić information content (AvgIpc) is 2.43. The molecular weight excluding hydrogens is 204 g/mol. The second-order valence-electron chi connectivity index (χ2n) is 3.79. The van der Waals surface area contributed by atoms with Crippen molar-refractivity contribution in [3.8, 4) is 0 Å². The summed E-state index contributed by atoms with van der Waals surface area (Å²) in [4.78, 5) is 12.9. The van der Waals surface area contributed by atoms with E-state index in [0.29, 0.717) is 6.42 Å². The second kappa shape index (κ2) is 3.86. The molecule has 0 aliphatic carbocycles. The number of nitrogens with two attached hydrogens (primary N) is 1. The minimum absolute atomic E-state index is 0.0714. The van der Waals surface area contributed by atoms with Gasteiger partial charge in [0.1, 0.15) is 0 Å². The van der Waals surface area contributed by atoms with Crippen molar-refractivity contribution in [2.24, 2.45) is 5.73 Å². The molecule has 6 heteroatoms. The van der Waals surface area contributed by atoms with Crippen LogP contribution in [0.2, 0.25) is 0 Å². The highest BCUT2D eigenvalue weighted by atomic mass is 32.2. The summed E-state index contributed by atoms with van der Waals surface area (Å²) in [6, 6.07) is -0.762. The molecule has 2 atom stereocenters. The van der Waals surface area contributed by atoms with Gasteiger partial charge in [0.05, 0.1) is 17.5 Å². The van der Waals surface area contributed by atoms with Crippen molar-refractivity contribution in [3.05, 3.63) is 0 Å². The highest BCUT2D eigenvalue weighted by molar-refractivity contribution is 7.91. The van der Waals surface area contributed by atoms with Gasteiger partial charge in [0, 0.05) is 13.1 Å². The molecule has 1 fully saturated rings. The molecule has 1 unspecified atom stereocenters. The summed E-state index contributed by atoms with van der Waals surface area (Å²) in [7, 11) is -1.33. The summed E-state index contributed by atoms with van der Waals surface area (Å²) in [6.45, 7) is 1.60. The zero-order chi connectivity index (χ0) is 10.9. The molecule has 14 heavy (non-hydrogen) atoms. The number of hydrogen-bond donors (Lipinski definition) is 1. The van der Waals surface area contributed by atoms with Gasteiger partial charge in [-0.05, 0) is 13.3 Å².